The van der Waals surface area contributed by atoms with Gasteiger partial charge in [-0.3, -0.25) is 9.59 Å². The lowest BCUT2D eigenvalue weighted by atomic mass is 10.1. The minimum absolute atomic E-state index is 0.0763. The highest BCUT2D eigenvalue weighted by molar-refractivity contribution is 7.16. The Labute approximate surface area is 126 Å². The molecule has 1 aromatic rings. The van der Waals surface area contributed by atoms with Crippen molar-refractivity contribution in [3.8, 4) is 6.07 Å². The number of hydrogen-bond acceptors (Lipinski definition) is 5. The molecule has 0 atom stereocenters. The van der Waals surface area contributed by atoms with Crippen molar-refractivity contribution in [2.45, 2.75) is 32.1 Å². The van der Waals surface area contributed by atoms with Crippen molar-refractivity contribution in [1.29, 1.82) is 5.26 Å². The first kappa shape index (κ1) is 15.3. The number of carbonyl (C=O) groups is 2. The summed E-state index contributed by atoms with van der Waals surface area (Å²) >= 11 is 1.50. The lowest BCUT2D eigenvalue weighted by Gasteiger charge is -2.22. The Morgan fingerprint density at radius 1 is 1.19 bits per heavy atom. The van der Waals surface area contributed by atoms with Crippen LogP contribution in [0.5, 0.6) is 0 Å². The number of rotatable bonds is 7. The minimum Gasteiger partial charge on any atom is -0.481 e. The Bertz CT molecular complexity index is 585. The zero-order valence-corrected chi connectivity index (χ0v) is 12.3. The lowest BCUT2D eigenvalue weighted by Crippen LogP contribution is -2.28. The maximum absolute atomic E-state index is 10.8. The largest absolute Gasteiger partial charge is 0.481 e. The van der Waals surface area contributed by atoms with E-state index in [1.54, 1.807) is 4.90 Å². The van der Waals surface area contributed by atoms with Crippen molar-refractivity contribution in [1.82, 2.24) is 0 Å². The zero-order valence-electron chi connectivity index (χ0n) is 11.5. The number of aryl methyl sites for hydroxylation is 1. The van der Waals surface area contributed by atoms with Gasteiger partial charge in [0.2, 0.25) is 0 Å². The molecule has 2 N–H and O–H groups in total. The Balaban J connectivity index is 2.25. The van der Waals surface area contributed by atoms with Gasteiger partial charge in [-0.05, 0) is 24.8 Å². The molecule has 0 saturated carbocycles. The second-order valence-corrected chi connectivity index (χ2v) is 6.01. The molecule has 0 bridgehead atoms. The van der Waals surface area contributed by atoms with Crippen molar-refractivity contribution >= 4 is 28.3 Å². The fourth-order valence-corrected chi connectivity index (χ4v) is 3.89. The summed E-state index contributed by atoms with van der Waals surface area (Å²) < 4.78 is 0. The van der Waals surface area contributed by atoms with Gasteiger partial charge < -0.3 is 15.1 Å². The van der Waals surface area contributed by atoms with Crippen molar-refractivity contribution in [3.63, 3.8) is 0 Å². The Kier molecular flexibility index (Phi) is 4.81. The predicted octanol–water partition coefficient (Wildman–Crippen LogP) is 1.86. The summed E-state index contributed by atoms with van der Waals surface area (Å²) in [6.07, 6.45) is 2.71. The van der Waals surface area contributed by atoms with Gasteiger partial charge in [0.1, 0.15) is 11.1 Å². The van der Waals surface area contributed by atoms with Crippen LogP contribution in [0.25, 0.3) is 0 Å². The molecule has 0 aliphatic heterocycles. The first-order chi connectivity index (χ1) is 10.0. The highest BCUT2D eigenvalue weighted by Crippen LogP contribution is 2.40. The number of thiophene rings is 1. The molecule has 2 rings (SSSR count). The standard InChI is InChI=1S/C14H16N2O4S/c15-8-10-9-2-1-3-11(9)21-14(10)16(6-4-12(17)18)7-5-13(19)20/h1-7H2,(H,17,18)(H,19,20). The van der Waals surface area contributed by atoms with Crippen LogP contribution >= 0.6 is 11.3 Å². The molecule has 1 aliphatic carbocycles. The van der Waals surface area contributed by atoms with Crippen LogP contribution < -0.4 is 4.90 Å². The van der Waals surface area contributed by atoms with E-state index in [1.165, 1.54) is 16.2 Å². The first-order valence-electron chi connectivity index (χ1n) is 6.76. The summed E-state index contributed by atoms with van der Waals surface area (Å²) in [5.74, 6) is -1.86. The predicted molar refractivity (Wildman–Crippen MR) is 77.8 cm³/mol. The molecule has 21 heavy (non-hydrogen) atoms. The van der Waals surface area contributed by atoms with Crippen LogP contribution in [-0.2, 0) is 22.4 Å². The van der Waals surface area contributed by atoms with Crippen LogP contribution in [0.3, 0.4) is 0 Å². The third-order valence-electron chi connectivity index (χ3n) is 3.49. The van der Waals surface area contributed by atoms with Gasteiger partial charge in [0.25, 0.3) is 0 Å². The first-order valence-corrected chi connectivity index (χ1v) is 7.57. The maximum atomic E-state index is 10.8. The lowest BCUT2D eigenvalue weighted by molar-refractivity contribution is -0.137. The summed E-state index contributed by atoms with van der Waals surface area (Å²) in [5, 5.41) is 27.8. The van der Waals surface area contributed by atoms with Crippen molar-refractivity contribution < 1.29 is 19.8 Å². The van der Waals surface area contributed by atoms with E-state index in [1.807, 2.05) is 0 Å². The Morgan fingerprint density at radius 2 is 1.81 bits per heavy atom. The molecule has 6 nitrogen and oxygen atoms in total. The van der Waals surface area contributed by atoms with Gasteiger partial charge in [-0.25, -0.2) is 0 Å². The average Bonchev–Trinajstić information content (AvgIpc) is 2.98. The quantitative estimate of drug-likeness (QED) is 0.797. The third kappa shape index (κ3) is 3.52. The number of carboxylic acids is 2. The molecule has 1 aliphatic rings. The smallest absolute Gasteiger partial charge is 0.305 e. The number of fused-ring (bicyclic) bond motifs is 1. The molecule has 0 amide bonds. The summed E-state index contributed by atoms with van der Waals surface area (Å²) in [4.78, 5) is 24.4. The summed E-state index contributed by atoms with van der Waals surface area (Å²) in [7, 11) is 0. The molecular formula is C14H16N2O4S. The van der Waals surface area contributed by atoms with Crippen molar-refractivity contribution in [2.75, 3.05) is 18.0 Å². The van der Waals surface area contributed by atoms with Crippen LogP contribution in [0.15, 0.2) is 0 Å². The fourth-order valence-electron chi connectivity index (χ4n) is 2.50. The number of nitriles is 1. The summed E-state index contributed by atoms with van der Waals surface area (Å²) in [6, 6.07) is 2.21. The van der Waals surface area contributed by atoms with E-state index in [0.717, 1.165) is 29.8 Å². The second kappa shape index (κ2) is 6.59. The number of nitrogens with zero attached hydrogens (tertiary/aromatic N) is 2. The minimum atomic E-state index is -0.932. The molecule has 0 aromatic carbocycles. The Hall–Kier alpha value is -2.07. The molecule has 112 valence electrons. The molecule has 0 unspecified atom stereocenters. The van der Waals surface area contributed by atoms with E-state index in [4.69, 9.17) is 10.2 Å². The summed E-state index contributed by atoms with van der Waals surface area (Å²) in [6.45, 7) is 0.438. The number of aliphatic carboxylic acids is 2. The van der Waals surface area contributed by atoms with E-state index in [2.05, 4.69) is 6.07 Å². The van der Waals surface area contributed by atoms with E-state index >= 15 is 0 Å². The van der Waals surface area contributed by atoms with Crippen LogP contribution in [0.4, 0.5) is 5.00 Å². The SMILES string of the molecule is N#Cc1c(N(CCC(=O)O)CCC(=O)O)sc2c1CCC2. The van der Waals surface area contributed by atoms with Crippen LogP contribution in [-0.4, -0.2) is 35.2 Å². The highest BCUT2D eigenvalue weighted by Gasteiger charge is 2.25. The molecule has 0 spiro atoms. The van der Waals surface area contributed by atoms with E-state index < -0.39 is 11.9 Å². The van der Waals surface area contributed by atoms with Crippen molar-refractivity contribution in [2.24, 2.45) is 0 Å². The van der Waals surface area contributed by atoms with Crippen LogP contribution in [0.2, 0.25) is 0 Å². The van der Waals surface area contributed by atoms with Gasteiger partial charge in [0, 0.05) is 18.0 Å². The number of anilines is 1. The van der Waals surface area contributed by atoms with Gasteiger partial charge >= 0.3 is 11.9 Å². The topological polar surface area (TPSA) is 102 Å². The maximum Gasteiger partial charge on any atom is 0.305 e. The molecule has 0 saturated heterocycles. The molecular weight excluding hydrogens is 292 g/mol. The van der Waals surface area contributed by atoms with E-state index in [-0.39, 0.29) is 25.9 Å². The van der Waals surface area contributed by atoms with Gasteiger partial charge in [-0.15, -0.1) is 11.3 Å². The second-order valence-electron chi connectivity index (χ2n) is 4.92. The third-order valence-corrected chi connectivity index (χ3v) is 4.85. The summed E-state index contributed by atoms with van der Waals surface area (Å²) in [5.41, 5.74) is 1.66. The van der Waals surface area contributed by atoms with E-state index in [9.17, 15) is 14.9 Å². The van der Waals surface area contributed by atoms with Gasteiger partial charge in [-0.2, -0.15) is 5.26 Å². The molecule has 0 fully saturated rings. The molecule has 0 radical (unpaired) electrons. The highest BCUT2D eigenvalue weighted by atomic mass is 32.1. The zero-order chi connectivity index (χ0) is 15.4. The van der Waals surface area contributed by atoms with Gasteiger partial charge in [0.15, 0.2) is 0 Å². The van der Waals surface area contributed by atoms with E-state index in [0.29, 0.717) is 5.56 Å². The van der Waals surface area contributed by atoms with Gasteiger partial charge in [-0.1, -0.05) is 0 Å². The molecule has 1 aromatic heterocycles. The van der Waals surface area contributed by atoms with Crippen LogP contribution in [0.1, 0.15) is 35.3 Å². The Morgan fingerprint density at radius 3 is 2.33 bits per heavy atom. The number of hydrogen-bond donors (Lipinski definition) is 2. The molecule has 7 heteroatoms. The molecule has 1 heterocycles. The van der Waals surface area contributed by atoms with Gasteiger partial charge in [0.05, 0.1) is 18.4 Å². The number of carboxylic acid groups (broad SMARTS) is 2. The normalized spacial score (nSPS) is 12.7. The monoisotopic (exact) mass is 308 g/mol. The van der Waals surface area contributed by atoms with Crippen molar-refractivity contribution in [3.05, 3.63) is 16.0 Å². The fraction of sp³-hybridized carbons (Fsp3) is 0.500. The average molecular weight is 308 g/mol. The van der Waals surface area contributed by atoms with Crippen LogP contribution in [0, 0.1) is 11.3 Å².